The Bertz CT molecular complexity index is 433. The van der Waals surface area contributed by atoms with Crippen molar-refractivity contribution in [3.05, 3.63) is 29.8 Å². The Morgan fingerprint density at radius 3 is 2.22 bits per heavy atom. The summed E-state index contributed by atoms with van der Waals surface area (Å²) in [6, 6.07) is 4.13. The third-order valence-electron chi connectivity index (χ3n) is 2.19. The molecule has 0 bridgehead atoms. The van der Waals surface area contributed by atoms with Gasteiger partial charge in [-0.15, -0.1) is 0 Å². The lowest BCUT2D eigenvalue weighted by Crippen LogP contribution is -2.44. The monoisotopic (exact) mass is 259 g/mol. The maximum absolute atomic E-state index is 12.0. The predicted octanol–water partition coefficient (Wildman–Crippen LogP) is 0.769. The molecule has 7 heteroatoms. The predicted molar refractivity (Wildman–Crippen MR) is 57.4 cm³/mol. The number of phenolic OH excluding ortho intramolecular Hbond substituents is 1. The minimum atomic E-state index is -3.26. The van der Waals surface area contributed by atoms with Crippen LogP contribution in [0.25, 0.3) is 0 Å². The molecular weight excluding hydrogens is 248 g/mol. The highest BCUT2D eigenvalue weighted by Gasteiger charge is 2.24. The number of aromatic hydroxyl groups is 1. The van der Waals surface area contributed by atoms with Gasteiger partial charge >= 0.3 is 12.4 Å². The number of carbonyl (C=O) groups excluding carboxylic acids is 1. The highest BCUT2D eigenvalue weighted by molar-refractivity contribution is 5.85. The van der Waals surface area contributed by atoms with Crippen molar-refractivity contribution < 1.29 is 28.6 Å². The summed E-state index contributed by atoms with van der Waals surface area (Å²) < 4.78 is 24.0. The van der Waals surface area contributed by atoms with E-state index in [9.17, 15) is 18.4 Å². The molecular formula is C11H11F2NO4. The summed E-state index contributed by atoms with van der Waals surface area (Å²) in [6.45, 7) is 0. The van der Waals surface area contributed by atoms with Crippen molar-refractivity contribution in [3.8, 4) is 5.75 Å². The SMILES string of the molecule is O=C(NC(Cc1ccc(O)cc1)C(=O)O)C(F)F. The number of aliphatic carboxylic acids is 1. The van der Waals surface area contributed by atoms with E-state index in [0.29, 0.717) is 5.56 Å². The molecule has 0 fully saturated rings. The smallest absolute Gasteiger partial charge is 0.326 e. The van der Waals surface area contributed by atoms with E-state index < -0.39 is 24.3 Å². The first-order chi connectivity index (χ1) is 8.40. The molecule has 1 atom stereocenters. The number of amides is 1. The molecule has 0 saturated carbocycles. The first-order valence-corrected chi connectivity index (χ1v) is 4.99. The van der Waals surface area contributed by atoms with Gasteiger partial charge in [-0.2, -0.15) is 8.78 Å². The van der Waals surface area contributed by atoms with E-state index in [0.717, 1.165) is 0 Å². The van der Waals surface area contributed by atoms with Crippen LogP contribution in [0, 0.1) is 0 Å². The van der Waals surface area contributed by atoms with Crippen LogP contribution in [-0.4, -0.2) is 34.6 Å². The fourth-order valence-electron chi connectivity index (χ4n) is 1.30. The maximum Gasteiger partial charge on any atom is 0.326 e. The normalized spacial score (nSPS) is 12.2. The fraction of sp³-hybridized carbons (Fsp3) is 0.273. The summed E-state index contributed by atoms with van der Waals surface area (Å²) in [5.74, 6) is -3.03. The van der Waals surface area contributed by atoms with E-state index in [1.54, 1.807) is 5.32 Å². The van der Waals surface area contributed by atoms with Crippen molar-refractivity contribution in [3.63, 3.8) is 0 Å². The second-order valence-corrected chi connectivity index (χ2v) is 3.57. The van der Waals surface area contributed by atoms with E-state index in [1.165, 1.54) is 24.3 Å². The highest BCUT2D eigenvalue weighted by atomic mass is 19.3. The molecule has 5 nitrogen and oxygen atoms in total. The Kier molecular flexibility index (Phi) is 4.59. The lowest BCUT2D eigenvalue weighted by atomic mass is 10.1. The van der Waals surface area contributed by atoms with Crippen LogP contribution in [-0.2, 0) is 16.0 Å². The minimum Gasteiger partial charge on any atom is -0.508 e. The first kappa shape index (κ1) is 13.9. The van der Waals surface area contributed by atoms with E-state index in [2.05, 4.69) is 0 Å². The molecule has 0 aliphatic rings. The topological polar surface area (TPSA) is 86.6 Å². The van der Waals surface area contributed by atoms with Gasteiger partial charge in [0.25, 0.3) is 5.91 Å². The summed E-state index contributed by atoms with van der Waals surface area (Å²) in [7, 11) is 0. The quantitative estimate of drug-likeness (QED) is 0.729. The van der Waals surface area contributed by atoms with Gasteiger partial charge in [-0.1, -0.05) is 12.1 Å². The molecule has 1 aromatic carbocycles. The molecule has 1 unspecified atom stereocenters. The van der Waals surface area contributed by atoms with Crippen LogP contribution in [0.5, 0.6) is 5.75 Å². The van der Waals surface area contributed by atoms with Gasteiger partial charge in [0.2, 0.25) is 0 Å². The fourth-order valence-corrected chi connectivity index (χ4v) is 1.30. The van der Waals surface area contributed by atoms with Gasteiger partial charge in [0, 0.05) is 6.42 Å². The largest absolute Gasteiger partial charge is 0.508 e. The molecule has 0 spiro atoms. The van der Waals surface area contributed by atoms with E-state index in [4.69, 9.17) is 10.2 Å². The molecule has 98 valence electrons. The van der Waals surface area contributed by atoms with Crippen LogP contribution in [0.3, 0.4) is 0 Å². The Morgan fingerprint density at radius 1 is 1.22 bits per heavy atom. The summed E-state index contributed by atoms with van der Waals surface area (Å²) >= 11 is 0. The zero-order valence-corrected chi connectivity index (χ0v) is 9.14. The van der Waals surface area contributed by atoms with Crippen molar-refractivity contribution in [1.29, 1.82) is 0 Å². The summed E-state index contributed by atoms with van der Waals surface area (Å²) in [6.07, 6.45) is -3.40. The molecule has 1 aromatic rings. The Hall–Kier alpha value is -2.18. The number of carboxylic acid groups (broad SMARTS) is 1. The molecule has 0 aliphatic carbocycles. The molecule has 0 heterocycles. The lowest BCUT2D eigenvalue weighted by Gasteiger charge is -2.14. The van der Waals surface area contributed by atoms with Gasteiger partial charge in [-0.3, -0.25) is 4.79 Å². The van der Waals surface area contributed by atoms with Gasteiger partial charge in [0.05, 0.1) is 0 Å². The van der Waals surface area contributed by atoms with Crippen LogP contribution < -0.4 is 5.32 Å². The maximum atomic E-state index is 12.0. The Balaban J connectivity index is 2.72. The number of alkyl halides is 2. The number of hydrogen-bond acceptors (Lipinski definition) is 3. The Labute approximate surface area is 101 Å². The molecule has 3 N–H and O–H groups in total. The number of phenols is 1. The number of nitrogens with one attached hydrogen (secondary N) is 1. The van der Waals surface area contributed by atoms with Crippen LogP contribution in [0.2, 0.25) is 0 Å². The average Bonchev–Trinajstić information content (AvgIpc) is 2.30. The molecule has 1 rings (SSSR count). The number of hydrogen-bond donors (Lipinski definition) is 3. The standard InChI is InChI=1S/C11H11F2NO4/c12-9(13)10(16)14-8(11(17)18)5-6-1-3-7(15)4-2-6/h1-4,8-9,15H,5H2,(H,14,16)(H,17,18). The second kappa shape index (κ2) is 5.95. The highest BCUT2D eigenvalue weighted by Crippen LogP contribution is 2.11. The van der Waals surface area contributed by atoms with Gasteiger partial charge < -0.3 is 15.5 Å². The van der Waals surface area contributed by atoms with Crippen molar-refractivity contribution in [2.75, 3.05) is 0 Å². The second-order valence-electron chi connectivity index (χ2n) is 3.57. The summed E-state index contributed by atoms with van der Waals surface area (Å²) in [5, 5.41) is 19.6. The summed E-state index contributed by atoms with van der Waals surface area (Å²) in [5.41, 5.74) is 0.495. The molecule has 0 saturated heterocycles. The van der Waals surface area contributed by atoms with Gasteiger partial charge in [0.1, 0.15) is 11.8 Å². The number of halogens is 2. The minimum absolute atomic E-state index is 0.00207. The zero-order chi connectivity index (χ0) is 13.7. The number of rotatable bonds is 5. The van der Waals surface area contributed by atoms with Crippen LogP contribution in [0.15, 0.2) is 24.3 Å². The van der Waals surface area contributed by atoms with Crippen LogP contribution >= 0.6 is 0 Å². The third kappa shape index (κ3) is 4.00. The lowest BCUT2D eigenvalue weighted by molar-refractivity contribution is -0.144. The van der Waals surface area contributed by atoms with E-state index >= 15 is 0 Å². The molecule has 18 heavy (non-hydrogen) atoms. The van der Waals surface area contributed by atoms with E-state index in [-0.39, 0.29) is 12.2 Å². The summed E-state index contributed by atoms with van der Waals surface area (Å²) in [4.78, 5) is 21.6. The zero-order valence-electron chi connectivity index (χ0n) is 9.14. The number of benzene rings is 1. The van der Waals surface area contributed by atoms with Gasteiger partial charge in [-0.05, 0) is 17.7 Å². The van der Waals surface area contributed by atoms with Crippen molar-refractivity contribution in [2.45, 2.75) is 18.9 Å². The first-order valence-electron chi connectivity index (χ1n) is 4.99. The molecule has 0 aliphatic heterocycles. The van der Waals surface area contributed by atoms with E-state index in [1.807, 2.05) is 0 Å². The molecule has 0 aromatic heterocycles. The molecule has 1 amide bonds. The van der Waals surface area contributed by atoms with Gasteiger partial charge in [-0.25, -0.2) is 4.79 Å². The average molecular weight is 259 g/mol. The number of carboxylic acids is 1. The van der Waals surface area contributed by atoms with Crippen molar-refractivity contribution >= 4 is 11.9 Å². The van der Waals surface area contributed by atoms with Gasteiger partial charge in [0.15, 0.2) is 0 Å². The number of carbonyl (C=O) groups is 2. The van der Waals surface area contributed by atoms with Crippen LogP contribution in [0.1, 0.15) is 5.56 Å². The van der Waals surface area contributed by atoms with Crippen LogP contribution in [0.4, 0.5) is 8.78 Å². The third-order valence-corrected chi connectivity index (χ3v) is 2.19. The Morgan fingerprint density at radius 2 is 1.78 bits per heavy atom. The van der Waals surface area contributed by atoms with Crippen molar-refractivity contribution in [2.24, 2.45) is 0 Å². The molecule has 0 radical (unpaired) electrons. The van der Waals surface area contributed by atoms with Crippen molar-refractivity contribution in [1.82, 2.24) is 5.32 Å².